The minimum absolute atomic E-state index is 1.16. The molecule has 1 N–H and O–H groups in total. The Morgan fingerprint density at radius 3 is 0.970 bits per heavy atom. The Kier molecular flexibility index (Phi) is 3.63. The number of rotatable bonds is 2. The van der Waals surface area contributed by atoms with Gasteiger partial charge in [0, 0.05) is 11.4 Å². The Balaban J connectivity index is 1.21. The van der Waals surface area contributed by atoms with E-state index in [1.807, 2.05) is 0 Å². The van der Waals surface area contributed by atoms with Crippen molar-refractivity contribution >= 4 is 11.4 Å². The van der Waals surface area contributed by atoms with Crippen molar-refractivity contribution in [2.75, 3.05) is 5.32 Å². The van der Waals surface area contributed by atoms with Crippen LogP contribution in [-0.2, 0) is 51.4 Å². The zero-order valence-electron chi connectivity index (χ0n) is 18.9. The molecule has 0 fully saturated rings. The smallest absolute Gasteiger partial charge is 0.0390 e. The fourth-order valence-corrected chi connectivity index (χ4v) is 7.14. The average Bonchev–Trinajstić information content (AvgIpc) is 2.85. The molecule has 0 aromatic heterocycles. The van der Waals surface area contributed by atoms with E-state index < -0.39 is 0 Å². The molecule has 0 atom stereocenters. The predicted octanol–water partition coefficient (Wildman–Crippen LogP) is 7.16. The SMILES string of the molecule is c1cc2c3c(c1)CCc1cc(Nc4cc5c6c(c4)CCc4cccc(c4-6)CC5)cc(c1-3)CC2. The molecule has 160 valence electrons. The molecule has 33 heavy (non-hydrogen) atoms. The molecule has 0 radical (unpaired) electrons. The van der Waals surface area contributed by atoms with Crippen LogP contribution in [0.25, 0.3) is 22.3 Å². The van der Waals surface area contributed by atoms with Crippen LogP contribution < -0.4 is 5.32 Å². The lowest BCUT2D eigenvalue weighted by Crippen LogP contribution is -2.15. The highest BCUT2D eigenvalue weighted by Crippen LogP contribution is 2.46. The van der Waals surface area contributed by atoms with Crippen LogP contribution in [0.4, 0.5) is 11.4 Å². The van der Waals surface area contributed by atoms with Gasteiger partial charge in [-0.25, -0.2) is 0 Å². The van der Waals surface area contributed by atoms with Gasteiger partial charge in [0.05, 0.1) is 0 Å². The Morgan fingerprint density at radius 2 is 0.636 bits per heavy atom. The maximum atomic E-state index is 3.84. The Morgan fingerprint density at radius 1 is 0.364 bits per heavy atom. The fraction of sp³-hybridized carbons (Fsp3) is 0.250. The lowest BCUT2D eigenvalue weighted by Gasteiger charge is -2.31. The first kappa shape index (κ1) is 18.1. The monoisotopic (exact) mass is 425 g/mol. The molecule has 0 aliphatic heterocycles. The molecular formula is C32H27N. The van der Waals surface area contributed by atoms with Gasteiger partial charge < -0.3 is 5.32 Å². The highest BCUT2D eigenvalue weighted by Gasteiger charge is 2.27. The molecule has 0 saturated heterocycles. The molecular weight excluding hydrogens is 398 g/mol. The van der Waals surface area contributed by atoms with Gasteiger partial charge in [-0.3, -0.25) is 0 Å². The normalized spacial score (nSPS) is 16.1. The molecule has 0 saturated carbocycles. The molecule has 0 unspecified atom stereocenters. The average molecular weight is 426 g/mol. The highest BCUT2D eigenvalue weighted by molar-refractivity contribution is 5.85. The Labute approximate surface area is 195 Å². The lowest BCUT2D eigenvalue weighted by atomic mass is 9.75. The van der Waals surface area contributed by atoms with Crippen molar-refractivity contribution in [3.63, 3.8) is 0 Å². The molecule has 0 amide bonds. The van der Waals surface area contributed by atoms with E-state index in [2.05, 4.69) is 66.0 Å². The fourth-order valence-electron chi connectivity index (χ4n) is 7.14. The molecule has 4 aliphatic carbocycles. The van der Waals surface area contributed by atoms with Gasteiger partial charge in [-0.2, -0.15) is 0 Å². The molecule has 0 spiro atoms. The summed E-state index contributed by atoms with van der Waals surface area (Å²) in [6.07, 6.45) is 9.31. The van der Waals surface area contributed by atoms with Crippen molar-refractivity contribution in [2.45, 2.75) is 51.4 Å². The predicted molar refractivity (Wildman–Crippen MR) is 137 cm³/mol. The van der Waals surface area contributed by atoms with Crippen LogP contribution in [0.15, 0.2) is 60.7 Å². The van der Waals surface area contributed by atoms with Crippen LogP contribution in [0, 0.1) is 0 Å². The molecule has 4 aromatic carbocycles. The second-order valence-electron chi connectivity index (χ2n) is 10.4. The summed E-state index contributed by atoms with van der Waals surface area (Å²) in [5.41, 5.74) is 21.1. The largest absolute Gasteiger partial charge is 0.355 e. The second-order valence-corrected chi connectivity index (χ2v) is 10.4. The van der Waals surface area contributed by atoms with Gasteiger partial charge in [-0.05, 0) is 142 Å². The van der Waals surface area contributed by atoms with Gasteiger partial charge in [-0.1, -0.05) is 36.4 Å². The highest BCUT2D eigenvalue weighted by atomic mass is 14.9. The third-order valence-electron chi connectivity index (χ3n) is 8.52. The first-order chi connectivity index (χ1) is 16.3. The summed E-state index contributed by atoms with van der Waals surface area (Å²) in [6.45, 7) is 0. The van der Waals surface area contributed by atoms with E-state index in [-0.39, 0.29) is 0 Å². The third kappa shape index (κ3) is 2.60. The van der Waals surface area contributed by atoms with Crippen LogP contribution in [0.3, 0.4) is 0 Å². The van der Waals surface area contributed by atoms with Gasteiger partial charge in [-0.15, -0.1) is 0 Å². The van der Waals surface area contributed by atoms with Gasteiger partial charge >= 0.3 is 0 Å². The van der Waals surface area contributed by atoms with Crippen molar-refractivity contribution in [2.24, 2.45) is 0 Å². The quantitative estimate of drug-likeness (QED) is 0.359. The second kappa shape index (κ2) is 6.60. The minimum Gasteiger partial charge on any atom is -0.355 e. The molecule has 4 aromatic rings. The van der Waals surface area contributed by atoms with E-state index in [1.165, 1.54) is 59.3 Å². The van der Waals surface area contributed by atoms with E-state index in [0.29, 0.717) is 0 Å². The molecule has 8 rings (SSSR count). The molecule has 1 nitrogen and oxygen atoms in total. The van der Waals surface area contributed by atoms with E-state index >= 15 is 0 Å². The summed E-state index contributed by atoms with van der Waals surface area (Å²) >= 11 is 0. The van der Waals surface area contributed by atoms with Crippen LogP contribution >= 0.6 is 0 Å². The minimum atomic E-state index is 1.16. The Bertz CT molecular complexity index is 1280. The zero-order chi connectivity index (χ0) is 21.5. The van der Waals surface area contributed by atoms with Crippen LogP contribution in [0.1, 0.15) is 44.5 Å². The molecule has 1 heteroatoms. The number of benzene rings is 4. The number of nitrogens with one attached hydrogen (secondary N) is 1. The van der Waals surface area contributed by atoms with E-state index in [4.69, 9.17) is 0 Å². The van der Waals surface area contributed by atoms with E-state index in [0.717, 1.165) is 25.7 Å². The maximum Gasteiger partial charge on any atom is 0.0390 e. The lowest BCUT2D eigenvalue weighted by molar-refractivity contribution is 0.875. The summed E-state index contributed by atoms with van der Waals surface area (Å²) in [4.78, 5) is 0. The van der Waals surface area contributed by atoms with Crippen molar-refractivity contribution in [3.05, 3.63) is 105 Å². The number of anilines is 2. The van der Waals surface area contributed by atoms with Crippen LogP contribution in [0.5, 0.6) is 0 Å². The third-order valence-corrected chi connectivity index (χ3v) is 8.52. The topological polar surface area (TPSA) is 12.0 Å². The van der Waals surface area contributed by atoms with Crippen molar-refractivity contribution in [1.82, 2.24) is 0 Å². The van der Waals surface area contributed by atoms with Gasteiger partial charge in [0.1, 0.15) is 0 Å². The summed E-state index contributed by atoms with van der Waals surface area (Å²) < 4.78 is 0. The van der Waals surface area contributed by atoms with Crippen LogP contribution in [0.2, 0.25) is 0 Å². The number of aryl methyl sites for hydroxylation is 8. The van der Waals surface area contributed by atoms with E-state index in [9.17, 15) is 0 Å². The summed E-state index contributed by atoms with van der Waals surface area (Å²) in [5, 5.41) is 3.84. The zero-order valence-corrected chi connectivity index (χ0v) is 18.9. The van der Waals surface area contributed by atoms with Crippen molar-refractivity contribution in [1.29, 1.82) is 0 Å². The number of hydrogen-bond donors (Lipinski definition) is 1. The standard InChI is InChI=1S/C32H27N/c1-3-19-7-11-23-15-27(16-24-12-8-20(4-1)29(19)31(23)24)33-28-17-25-13-9-21-5-2-6-22-10-14-26(18-28)32(25)30(21)22/h1-6,15-18,33H,7-14H2. The Hall–Kier alpha value is -3.32. The van der Waals surface area contributed by atoms with Crippen molar-refractivity contribution in [3.8, 4) is 22.3 Å². The van der Waals surface area contributed by atoms with E-state index in [1.54, 1.807) is 44.5 Å². The van der Waals surface area contributed by atoms with Crippen molar-refractivity contribution < 1.29 is 0 Å². The molecule has 0 heterocycles. The molecule has 0 bridgehead atoms. The molecule has 4 aliphatic rings. The van der Waals surface area contributed by atoms with Gasteiger partial charge in [0.15, 0.2) is 0 Å². The van der Waals surface area contributed by atoms with Gasteiger partial charge in [0.2, 0.25) is 0 Å². The first-order valence-electron chi connectivity index (χ1n) is 12.6. The number of hydrogen-bond acceptors (Lipinski definition) is 1. The maximum absolute atomic E-state index is 3.84. The summed E-state index contributed by atoms with van der Waals surface area (Å²) in [7, 11) is 0. The summed E-state index contributed by atoms with van der Waals surface area (Å²) in [5.74, 6) is 0. The van der Waals surface area contributed by atoms with Crippen LogP contribution in [-0.4, -0.2) is 0 Å². The first-order valence-corrected chi connectivity index (χ1v) is 12.6. The summed E-state index contributed by atoms with van der Waals surface area (Å²) in [6, 6.07) is 23.6. The van der Waals surface area contributed by atoms with Gasteiger partial charge in [0.25, 0.3) is 0 Å².